The van der Waals surface area contributed by atoms with Gasteiger partial charge in [0, 0.05) is 75.6 Å². The lowest BCUT2D eigenvalue weighted by Crippen LogP contribution is -1.94. The van der Waals surface area contributed by atoms with Gasteiger partial charge in [-0.05, 0) is 78.2 Å². The summed E-state index contributed by atoms with van der Waals surface area (Å²) >= 11 is 1.87. The van der Waals surface area contributed by atoms with Crippen molar-refractivity contribution < 1.29 is 0 Å². The van der Waals surface area contributed by atoms with Crippen LogP contribution in [0.3, 0.4) is 0 Å². The zero-order valence-electron chi connectivity index (χ0n) is 28.8. The van der Waals surface area contributed by atoms with Crippen molar-refractivity contribution in [3.8, 4) is 33.6 Å². The molecule has 53 heavy (non-hydrogen) atoms. The zero-order chi connectivity index (χ0) is 35.0. The summed E-state index contributed by atoms with van der Waals surface area (Å²) in [5, 5.41) is 8.45. The van der Waals surface area contributed by atoms with E-state index >= 15 is 0 Å². The topological polar surface area (TPSA) is 38.7 Å². The highest BCUT2D eigenvalue weighted by Crippen LogP contribution is 2.44. The van der Waals surface area contributed by atoms with Crippen molar-refractivity contribution in [2.24, 2.45) is 0 Å². The summed E-state index contributed by atoms with van der Waals surface area (Å²) in [5.41, 5.74) is 16.1. The van der Waals surface area contributed by atoms with E-state index in [0.29, 0.717) is 0 Å². The molecule has 246 valence electrons. The van der Waals surface area contributed by atoms with Crippen molar-refractivity contribution in [3.63, 3.8) is 0 Å². The van der Waals surface area contributed by atoms with Crippen molar-refractivity contribution in [2.75, 3.05) is 0 Å². The molecule has 0 spiro atoms. The van der Waals surface area contributed by atoms with Crippen molar-refractivity contribution in [2.45, 2.75) is 6.92 Å². The summed E-state index contributed by atoms with van der Waals surface area (Å²) in [6.07, 6.45) is 8.06. The van der Waals surface area contributed by atoms with Crippen LogP contribution in [0.2, 0.25) is 0 Å². The van der Waals surface area contributed by atoms with Crippen LogP contribution < -0.4 is 0 Å². The van der Waals surface area contributed by atoms with Crippen molar-refractivity contribution in [1.29, 1.82) is 0 Å². The smallest absolute Gasteiger partial charge is 0.0795 e. The number of fused-ring (bicyclic) bond motifs is 11. The first-order valence-corrected chi connectivity index (χ1v) is 18.7. The Hall–Kier alpha value is -6.71. The van der Waals surface area contributed by atoms with Crippen molar-refractivity contribution in [1.82, 2.24) is 15.0 Å². The van der Waals surface area contributed by atoms with Crippen LogP contribution >= 0.6 is 11.3 Å². The Kier molecular flexibility index (Phi) is 6.59. The predicted molar refractivity (Wildman–Crippen MR) is 225 cm³/mol. The minimum atomic E-state index is 0.934. The van der Waals surface area contributed by atoms with Crippen LogP contribution in [0.15, 0.2) is 158 Å². The Morgan fingerprint density at radius 2 is 1.45 bits per heavy atom. The molecule has 4 heteroatoms. The van der Waals surface area contributed by atoms with Gasteiger partial charge in [0.15, 0.2) is 0 Å². The summed E-state index contributed by atoms with van der Waals surface area (Å²) < 4.78 is 2.62. The minimum Gasteiger partial charge on any atom is -0.256 e. The van der Waals surface area contributed by atoms with Gasteiger partial charge >= 0.3 is 0 Å². The lowest BCUT2D eigenvalue weighted by Gasteiger charge is -2.15. The number of nitrogens with zero attached hydrogens (tertiary/aromatic N) is 3. The van der Waals surface area contributed by atoms with Gasteiger partial charge in [0.1, 0.15) is 0 Å². The first kappa shape index (κ1) is 30.0. The standard InChI is InChI=1S/C49H29N3S/c1-29-10-2-3-11-33-28-40(36-16-9-25-50-48(36)45(29)33)30-19-23-42-32(26-30)20-24-41(51-42)31-12-8-13-34(27-31)47-39-22-21-37-35-14-5-7-18-44(35)53-49(37)46(39)38-15-4-6-17-43(38)52-47/h2-9,11-28H,1H3. The van der Waals surface area contributed by atoms with E-state index in [0.717, 1.165) is 83.1 Å². The molecule has 1 aliphatic carbocycles. The molecule has 0 saturated carbocycles. The van der Waals surface area contributed by atoms with Crippen molar-refractivity contribution >= 4 is 86.6 Å². The third kappa shape index (κ3) is 4.71. The average molecular weight is 692 g/mol. The Labute approximate surface area is 309 Å². The normalized spacial score (nSPS) is 12.7. The van der Waals surface area contributed by atoms with Gasteiger partial charge in [0.2, 0.25) is 0 Å². The number of allylic oxidation sites excluding steroid dienone is 2. The van der Waals surface area contributed by atoms with Gasteiger partial charge in [-0.2, -0.15) is 0 Å². The van der Waals surface area contributed by atoms with Gasteiger partial charge in [-0.3, -0.25) is 4.98 Å². The number of para-hydroxylation sites is 1. The van der Waals surface area contributed by atoms with Crippen LogP contribution in [0, 0.1) is 0 Å². The molecule has 0 bridgehead atoms. The summed E-state index contributed by atoms with van der Waals surface area (Å²) in [4.78, 5) is 15.3. The average Bonchev–Trinajstić information content (AvgIpc) is 3.49. The second-order valence-corrected chi connectivity index (χ2v) is 14.8. The number of benzene rings is 6. The Bertz CT molecular complexity index is 3290. The van der Waals surface area contributed by atoms with Crippen LogP contribution in [0.25, 0.3) is 109 Å². The SMILES string of the molecule is CC1=C=CC=Cc2cc(-c3ccc4nc(-c5cccc(-c6nc7ccccc7c7c6ccc6c8ccccc8sc67)c5)ccc4c3)c3cccnc3c21. The van der Waals surface area contributed by atoms with E-state index in [9.17, 15) is 0 Å². The van der Waals surface area contributed by atoms with E-state index in [2.05, 4.69) is 152 Å². The summed E-state index contributed by atoms with van der Waals surface area (Å²) in [6.45, 7) is 2.11. The number of aromatic nitrogens is 3. The summed E-state index contributed by atoms with van der Waals surface area (Å²) in [7, 11) is 0. The minimum absolute atomic E-state index is 0.934. The van der Waals surface area contributed by atoms with Crippen LogP contribution in [0.4, 0.5) is 0 Å². The molecule has 1 aliphatic rings. The molecule has 11 rings (SSSR count). The molecule has 0 fully saturated rings. The Balaban J connectivity index is 1.03. The molecular weight excluding hydrogens is 663 g/mol. The third-order valence-corrected chi connectivity index (χ3v) is 11.8. The highest BCUT2D eigenvalue weighted by molar-refractivity contribution is 7.26. The molecule has 3 nitrogen and oxygen atoms in total. The van der Waals surface area contributed by atoms with Crippen molar-refractivity contribution in [3.05, 3.63) is 169 Å². The molecule has 10 aromatic rings. The fourth-order valence-corrected chi connectivity index (χ4v) is 9.41. The highest BCUT2D eigenvalue weighted by atomic mass is 32.1. The predicted octanol–water partition coefficient (Wildman–Crippen LogP) is 13.4. The zero-order valence-corrected chi connectivity index (χ0v) is 29.6. The quantitative estimate of drug-likeness (QED) is 0.137. The monoisotopic (exact) mass is 691 g/mol. The molecule has 0 unspecified atom stereocenters. The Morgan fingerprint density at radius 3 is 2.42 bits per heavy atom. The molecule has 0 aliphatic heterocycles. The maximum absolute atomic E-state index is 5.28. The molecular formula is C49H29N3S. The molecule has 0 atom stereocenters. The lowest BCUT2D eigenvalue weighted by atomic mass is 9.91. The van der Waals surface area contributed by atoms with Gasteiger partial charge in [0.05, 0.1) is 27.9 Å². The van der Waals surface area contributed by atoms with E-state index in [1.165, 1.54) is 30.9 Å². The van der Waals surface area contributed by atoms with Gasteiger partial charge in [0.25, 0.3) is 0 Å². The van der Waals surface area contributed by atoms with E-state index in [4.69, 9.17) is 15.0 Å². The van der Waals surface area contributed by atoms with Gasteiger partial charge < -0.3 is 0 Å². The first-order chi connectivity index (χ1) is 26.2. The molecule has 6 aromatic carbocycles. The van der Waals surface area contributed by atoms with Gasteiger partial charge in [-0.25, -0.2) is 9.97 Å². The second kappa shape index (κ2) is 11.7. The Morgan fingerprint density at radius 1 is 0.604 bits per heavy atom. The molecule has 0 N–H and O–H groups in total. The molecule has 0 saturated heterocycles. The van der Waals surface area contributed by atoms with Crippen LogP contribution in [-0.4, -0.2) is 15.0 Å². The fraction of sp³-hybridized carbons (Fsp3) is 0.0204. The van der Waals surface area contributed by atoms with Crippen LogP contribution in [0.5, 0.6) is 0 Å². The maximum atomic E-state index is 5.28. The third-order valence-electron chi connectivity index (χ3n) is 10.6. The maximum Gasteiger partial charge on any atom is 0.0795 e. The molecule has 4 aromatic heterocycles. The van der Waals surface area contributed by atoms with Crippen LogP contribution in [-0.2, 0) is 0 Å². The second-order valence-electron chi connectivity index (χ2n) is 13.7. The number of hydrogen-bond acceptors (Lipinski definition) is 4. The first-order valence-electron chi connectivity index (χ1n) is 17.8. The summed E-state index contributed by atoms with van der Waals surface area (Å²) in [5.74, 6) is 0. The number of pyridine rings is 3. The largest absolute Gasteiger partial charge is 0.256 e. The fourth-order valence-electron chi connectivity index (χ4n) is 8.14. The van der Waals surface area contributed by atoms with E-state index < -0.39 is 0 Å². The number of thiophene rings is 1. The lowest BCUT2D eigenvalue weighted by molar-refractivity contribution is 1.38. The van der Waals surface area contributed by atoms with Gasteiger partial charge in [-0.1, -0.05) is 97.1 Å². The molecule has 4 heterocycles. The number of rotatable bonds is 3. The summed E-state index contributed by atoms with van der Waals surface area (Å²) in [6, 6.07) is 47.8. The van der Waals surface area contributed by atoms with E-state index in [1.54, 1.807) is 0 Å². The van der Waals surface area contributed by atoms with E-state index in [1.807, 2.05) is 29.7 Å². The highest BCUT2D eigenvalue weighted by Gasteiger charge is 2.18. The van der Waals surface area contributed by atoms with E-state index in [-0.39, 0.29) is 0 Å². The molecule has 0 radical (unpaired) electrons. The number of hydrogen-bond donors (Lipinski definition) is 0. The van der Waals surface area contributed by atoms with Crippen LogP contribution in [0.1, 0.15) is 18.1 Å². The molecule has 0 amide bonds. The van der Waals surface area contributed by atoms with Gasteiger partial charge in [-0.15, -0.1) is 17.1 Å².